The van der Waals surface area contributed by atoms with Crippen molar-refractivity contribution in [1.29, 1.82) is 0 Å². The summed E-state index contributed by atoms with van der Waals surface area (Å²) in [6.45, 7) is 0. The number of anilines is 1. The number of fused-ring (bicyclic) bond motifs is 1. The third kappa shape index (κ3) is 3.29. The number of hydrogen-bond donors (Lipinski definition) is 3. The van der Waals surface area contributed by atoms with Gasteiger partial charge >= 0.3 is 0 Å². The molecule has 0 aromatic heterocycles. The van der Waals surface area contributed by atoms with Crippen molar-refractivity contribution in [2.75, 3.05) is 26.0 Å². The van der Waals surface area contributed by atoms with Gasteiger partial charge in [-0.05, 0) is 24.4 Å². The summed E-state index contributed by atoms with van der Waals surface area (Å²) in [5.41, 5.74) is 3.40. The molecule has 2 aromatic carbocycles. The first-order chi connectivity index (χ1) is 10.4. The molecule has 2 aromatic rings. The van der Waals surface area contributed by atoms with E-state index in [1.807, 2.05) is 37.2 Å². The number of hydrogen-bond acceptors (Lipinski definition) is 4. The molecule has 0 aliphatic carbocycles. The fourth-order valence-corrected chi connectivity index (χ4v) is 3.31. The minimum Gasteiger partial charge on any atom is -0.377 e. The van der Waals surface area contributed by atoms with Gasteiger partial charge in [0.05, 0.1) is 4.90 Å². The Hall–Kier alpha value is -1.90. The van der Waals surface area contributed by atoms with Crippen LogP contribution >= 0.6 is 12.2 Å². The molecule has 118 valence electrons. The number of rotatable bonds is 4. The zero-order chi connectivity index (χ0) is 16.3. The van der Waals surface area contributed by atoms with Crippen LogP contribution in [-0.4, -0.2) is 34.7 Å². The van der Waals surface area contributed by atoms with Crippen LogP contribution < -0.4 is 20.5 Å². The van der Waals surface area contributed by atoms with E-state index in [2.05, 4.69) is 15.6 Å². The van der Waals surface area contributed by atoms with Crippen molar-refractivity contribution < 1.29 is 8.42 Å². The van der Waals surface area contributed by atoms with Crippen LogP contribution in [0.1, 0.15) is 0 Å². The van der Waals surface area contributed by atoms with E-state index < -0.39 is 10.0 Å². The van der Waals surface area contributed by atoms with Gasteiger partial charge in [-0.2, -0.15) is 0 Å². The summed E-state index contributed by atoms with van der Waals surface area (Å²) in [7, 11) is 1.70. The Balaban J connectivity index is 2.52. The molecule has 6 nitrogen and oxygen atoms in total. The first-order valence-corrected chi connectivity index (χ1v) is 8.44. The highest BCUT2D eigenvalue weighted by molar-refractivity contribution is 7.89. The maximum atomic E-state index is 12.5. The van der Waals surface area contributed by atoms with Gasteiger partial charge in [-0.3, -0.25) is 5.43 Å². The van der Waals surface area contributed by atoms with E-state index in [0.717, 1.165) is 11.1 Å². The molecule has 0 heterocycles. The molecule has 0 radical (unpaired) electrons. The summed E-state index contributed by atoms with van der Waals surface area (Å²) in [6.07, 6.45) is 0. The van der Waals surface area contributed by atoms with Gasteiger partial charge in [-0.25, -0.2) is 8.42 Å². The van der Waals surface area contributed by atoms with Crippen LogP contribution in [0.2, 0.25) is 0 Å². The highest BCUT2D eigenvalue weighted by atomic mass is 32.2. The molecule has 0 atom stereocenters. The number of sulfonamides is 1. The lowest BCUT2D eigenvalue weighted by atomic mass is 10.1. The second kappa shape index (κ2) is 6.47. The van der Waals surface area contributed by atoms with Crippen molar-refractivity contribution in [1.82, 2.24) is 15.6 Å². The predicted octanol–water partition coefficient (Wildman–Crippen LogP) is 1.19. The smallest absolute Gasteiger partial charge is 0.257 e. The monoisotopic (exact) mass is 338 g/mol. The fraction of sp³-hybridized carbons (Fsp3) is 0.214. The lowest BCUT2D eigenvalue weighted by Crippen LogP contribution is -2.45. The second-order valence-corrected chi connectivity index (χ2v) is 6.89. The third-order valence-electron chi connectivity index (χ3n) is 3.16. The number of hydrazine groups is 1. The van der Waals surface area contributed by atoms with Crippen molar-refractivity contribution >= 4 is 43.8 Å². The zero-order valence-electron chi connectivity index (χ0n) is 12.5. The highest BCUT2D eigenvalue weighted by Crippen LogP contribution is 2.29. The van der Waals surface area contributed by atoms with Gasteiger partial charge in [-0.15, -0.1) is 4.83 Å². The number of nitrogens with zero attached hydrogens (tertiary/aromatic N) is 1. The molecule has 2 rings (SSSR count). The number of thiocarbonyl (C=S) groups is 1. The van der Waals surface area contributed by atoms with E-state index in [9.17, 15) is 8.42 Å². The van der Waals surface area contributed by atoms with E-state index in [-0.39, 0.29) is 10.0 Å². The Bertz CT molecular complexity index is 804. The van der Waals surface area contributed by atoms with Crippen molar-refractivity contribution in [2.24, 2.45) is 0 Å². The zero-order valence-corrected chi connectivity index (χ0v) is 14.2. The molecule has 0 aliphatic heterocycles. The summed E-state index contributed by atoms with van der Waals surface area (Å²) in [6, 6.07) is 10.8. The topological polar surface area (TPSA) is 73.5 Å². The van der Waals surface area contributed by atoms with E-state index >= 15 is 0 Å². The van der Waals surface area contributed by atoms with Gasteiger partial charge in [0.25, 0.3) is 10.0 Å². The summed E-state index contributed by atoms with van der Waals surface area (Å²) < 4.78 is 24.9. The van der Waals surface area contributed by atoms with Gasteiger partial charge < -0.3 is 10.2 Å². The molecule has 0 saturated heterocycles. The summed E-state index contributed by atoms with van der Waals surface area (Å²) >= 11 is 4.87. The normalized spacial score (nSPS) is 11.2. The van der Waals surface area contributed by atoms with E-state index in [1.165, 1.54) is 0 Å². The summed E-state index contributed by atoms with van der Waals surface area (Å²) in [4.78, 5) is 4.41. The average molecular weight is 338 g/mol. The SMILES string of the molecule is CNC(=S)NNS(=O)(=O)c1cccc2c(N(C)C)cccc12. The van der Waals surface area contributed by atoms with Crippen LogP contribution in [0, 0.1) is 0 Å². The molecule has 8 heteroatoms. The molecule has 0 spiro atoms. The molecular formula is C14H18N4O2S2. The van der Waals surface area contributed by atoms with E-state index in [0.29, 0.717) is 5.39 Å². The summed E-state index contributed by atoms with van der Waals surface area (Å²) in [5.74, 6) is 0. The van der Waals surface area contributed by atoms with Crippen LogP contribution in [0.4, 0.5) is 5.69 Å². The van der Waals surface area contributed by atoms with Gasteiger partial charge in [0.1, 0.15) is 0 Å². The molecule has 0 unspecified atom stereocenters. The van der Waals surface area contributed by atoms with Crippen LogP contribution in [-0.2, 0) is 10.0 Å². The van der Waals surface area contributed by atoms with Gasteiger partial charge in [-0.1, -0.05) is 24.3 Å². The standard InChI is InChI=1S/C14H18N4O2S2/c1-15-14(21)16-17-22(19,20)13-9-5-6-10-11(13)7-4-8-12(10)18(2)3/h4-9,17H,1-3H3,(H2,15,16,21). The molecular weight excluding hydrogens is 320 g/mol. The van der Waals surface area contributed by atoms with Gasteiger partial charge in [0.2, 0.25) is 0 Å². The van der Waals surface area contributed by atoms with Crippen molar-refractivity contribution in [3.63, 3.8) is 0 Å². The lowest BCUT2D eigenvalue weighted by Gasteiger charge is -2.17. The molecule has 0 fully saturated rings. The Morgan fingerprint density at radius 3 is 2.36 bits per heavy atom. The van der Waals surface area contributed by atoms with Crippen LogP contribution in [0.3, 0.4) is 0 Å². The quantitative estimate of drug-likeness (QED) is 0.575. The summed E-state index contributed by atoms with van der Waals surface area (Å²) in [5, 5.41) is 4.35. The molecule has 0 amide bonds. The molecule has 22 heavy (non-hydrogen) atoms. The van der Waals surface area contributed by atoms with Gasteiger partial charge in [0, 0.05) is 37.6 Å². The number of benzene rings is 2. The maximum absolute atomic E-state index is 12.5. The van der Waals surface area contributed by atoms with Crippen LogP contribution in [0.5, 0.6) is 0 Å². The Kier molecular flexibility index (Phi) is 4.84. The lowest BCUT2D eigenvalue weighted by molar-refractivity contribution is 0.578. The molecule has 0 saturated carbocycles. The minimum atomic E-state index is -3.74. The third-order valence-corrected chi connectivity index (χ3v) is 4.77. The Labute approximate surface area is 135 Å². The fourth-order valence-electron chi connectivity index (χ4n) is 2.12. The number of nitrogens with one attached hydrogen (secondary N) is 3. The largest absolute Gasteiger partial charge is 0.377 e. The van der Waals surface area contributed by atoms with Crippen LogP contribution in [0.25, 0.3) is 10.8 Å². The second-order valence-electron chi connectivity index (χ2n) is 4.83. The van der Waals surface area contributed by atoms with Crippen molar-refractivity contribution in [3.8, 4) is 0 Å². The molecule has 0 bridgehead atoms. The Morgan fingerprint density at radius 1 is 1.09 bits per heavy atom. The van der Waals surface area contributed by atoms with Gasteiger partial charge in [0.15, 0.2) is 5.11 Å². The highest BCUT2D eigenvalue weighted by Gasteiger charge is 2.18. The Morgan fingerprint density at radius 2 is 1.73 bits per heavy atom. The van der Waals surface area contributed by atoms with Crippen molar-refractivity contribution in [2.45, 2.75) is 4.90 Å². The molecule has 0 aliphatic rings. The van der Waals surface area contributed by atoms with E-state index in [1.54, 1.807) is 25.2 Å². The van der Waals surface area contributed by atoms with Crippen LogP contribution in [0.15, 0.2) is 41.3 Å². The first-order valence-electron chi connectivity index (χ1n) is 6.55. The van der Waals surface area contributed by atoms with Crippen molar-refractivity contribution in [3.05, 3.63) is 36.4 Å². The molecule has 3 N–H and O–H groups in total. The average Bonchev–Trinajstić information content (AvgIpc) is 2.51. The minimum absolute atomic E-state index is 0.192. The maximum Gasteiger partial charge on any atom is 0.257 e. The van der Waals surface area contributed by atoms with E-state index in [4.69, 9.17) is 12.2 Å². The first kappa shape index (κ1) is 16.5. The predicted molar refractivity (Wildman–Crippen MR) is 93.4 cm³/mol.